The minimum absolute atomic E-state index is 0.194. The molecule has 5 heteroatoms. The highest BCUT2D eigenvalue weighted by Gasteiger charge is 2.35. The van der Waals surface area contributed by atoms with Crippen LogP contribution in [0, 0.1) is 11.3 Å². The van der Waals surface area contributed by atoms with Gasteiger partial charge in [0.15, 0.2) is 0 Å². The monoisotopic (exact) mass is 339 g/mol. The van der Waals surface area contributed by atoms with Crippen LogP contribution in [0.25, 0.3) is 11.1 Å². The first kappa shape index (κ1) is 14.6. The highest BCUT2D eigenvalue weighted by atomic mass is 79.9. The highest BCUT2D eigenvalue weighted by molar-refractivity contribution is 9.08. The van der Waals surface area contributed by atoms with Gasteiger partial charge in [-0.25, -0.2) is 0 Å². The average molecular weight is 340 g/mol. The molecule has 0 aliphatic rings. The molecular weight excluding hydrogens is 331 g/mol. The first-order valence-corrected chi connectivity index (χ1v) is 6.85. The first-order valence-electron chi connectivity index (χ1n) is 5.73. The van der Waals surface area contributed by atoms with E-state index in [-0.39, 0.29) is 10.9 Å². The van der Waals surface area contributed by atoms with Crippen LogP contribution in [0.15, 0.2) is 42.5 Å². The minimum Gasteiger partial charge on any atom is -0.192 e. The van der Waals surface area contributed by atoms with Gasteiger partial charge in [-0.05, 0) is 28.8 Å². The van der Waals surface area contributed by atoms with Crippen LogP contribution in [0.2, 0.25) is 0 Å². The third kappa shape index (κ3) is 2.86. The van der Waals surface area contributed by atoms with Crippen LogP contribution in [-0.2, 0) is 11.5 Å². The van der Waals surface area contributed by atoms with Gasteiger partial charge in [-0.1, -0.05) is 46.3 Å². The van der Waals surface area contributed by atoms with E-state index in [9.17, 15) is 13.2 Å². The summed E-state index contributed by atoms with van der Waals surface area (Å²) in [4.78, 5) is 0. The predicted octanol–water partition coefficient (Wildman–Crippen LogP) is 5.14. The van der Waals surface area contributed by atoms with E-state index in [4.69, 9.17) is 5.26 Å². The number of halogens is 4. The fourth-order valence-corrected chi connectivity index (χ4v) is 2.40. The fraction of sp³-hybridized carbons (Fsp3) is 0.133. The molecule has 0 aromatic heterocycles. The Kier molecular flexibility index (Phi) is 4.15. The van der Waals surface area contributed by atoms with Crippen molar-refractivity contribution in [2.75, 3.05) is 0 Å². The van der Waals surface area contributed by atoms with Gasteiger partial charge in [0, 0.05) is 5.33 Å². The van der Waals surface area contributed by atoms with Gasteiger partial charge in [0.1, 0.15) is 6.07 Å². The number of nitriles is 1. The topological polar surface area (TPSA) is 23.8 Å². The van der Waals surface area contributed by atoms with E-state index in [1.807, 2.05) is 0 Å². The normalized spacial score (nSPS) is 11.2. The number of nitrogens with zero attached hydrogens (tertiary/aromatic N) is 1. The predicted molar refractivity (Wildman–Crippen MR) is 74.2 cm³/mol. The lowest BCUT2D eigenvalue weighted by Crippen LogP contribution is -2.10. The van der Waals surface area contributed by atoms with Gasteiger partial charge in [0.2, 0.25) is 0 Å². The van der Waals surface area contributed by atoms with Gasteiger partial charge in [-0.2, -0.15) is 18.4 Å². The van der Waals surface area contributed by atoms with Crippen molar-refractivity contribution in [1.29, 1.82) is 5.26 Å². The van der Waals surface area contributed by atoms with Crippen molar-refractivity contribution in [2.24, 2.45) is 0 Å². The number of alkyl halides is 4. The summed E-state index contributed by atoms with van der Waals surface area (Å²) < 4.78 is 39.2. The molecule has 0 aliphatic carbocycles. The molecule has 0 bridgehead atoms. The molecule has 0 unspecified atom stereocenters. The van der Waals surface area contributed by atoms with Crippen LogP contribution in [0.3, 0.4) is 0 Å². The number of hydrogen-bond donors (Lipinski definition) is 0. The van der Waals surface area contributed by atoms with E-state index in [1.54, 1.807) is 42.5 Å². The molecule has 0 radical (unpaired) electrons. The van der Waals surface area contributed by atoms with Crippen molar-refractivity contribution < 1.29 is 13.2 Å². The molecule has 0 heterocycles. The Morgan fingerprint density at radius 1 is 1.05 bits per heavy atom. The van der Waals surface area contributed by atoms with Gasteiger partial charge in [-0.3, -0.25) is 0 Å². The number of hydrogen-bond acceptors (Lipinski definition) is 1. The molecule has 1 nitrogen and oxygen atoms in total. The minimum atomic E-state index is -4.55. The molecule has 2 aromatic carbocycles. The lowest BCUT2D eigenvalue weighted by atomic mass is 9.95. The van der Waals surface area contributed by atoms with Crippen molar-refractivity contribution in [1.82, 2.24) is 0 Å². The molecule has 2 rings (SSSR count). The standard InChI is InChI=1S/C15H9BrF3N/c16-8-12-6-11(10-4-2-1-3-5-10)7-14(13(12)9-20)15(17,18)19/h1-7H,8H2. The number of rotatable bonds is 2. The van der Waals surface area contributed by atoms with Gasteiger partial charge in [0.05, 0.1) is 11.1 Å². The smallest absolute Gasteiger partial charge is 0.192 e. The Morgan fingerprint density at radius 2 is 1.70 bits per heavy atom. The zero-order valence-electron chi connectivity index (χ0n) is 10.2. The Labute approximate surface area is 122 Å². The molecule has 0 saturated heterocycles. The van der Waals surface area contributed by atoms with Crippen molar-refractivity contribution in [2.45, 2.75) is 11.5 Å². The third-order valence-corrected chi connectivity index (χ3v) is 3.49. The van der Waals surface area contributed by atoms with Gasteiger partial charge in [-0.15, -0.1) is 0 Å². The second-order valence-electron chi connectivity index (χ2n) is 4.17. The van der Waals surface area contributed by atoms with Crippen molar-refractivity contribution in [3.63, 3.8) is 0 Å². The molecular formula is C15H9BrF3N. The zero-order chi connectivity index (χ0) is 14.8. The average Bonchev–Trinajstić information content (AvgIpc) is 2.45. The zero-order valence-corrected chi connectivity index (χ0v) is 11.8. The molecule has 0 saturated carbocycles. The maximum absolute atomic E-state index is 13.1. The molecule has 102 valence electrons. The van der Waals surface area contributed by atoms with E-state index < -0.39 is 11.7 Å². The molecule has 0 spiro atoms. The second-order valence-corrected chi connectivity index (χ2v) is 4.73. The molecule has 0 aliphatic heterocycles. The van der Waals surface area contributed by atoms with Gasteiger partial charge < -0.3 is 0 Å². The van der Waals surface area contributed by atoms with E-state index in [0.717, 1.165) is 6.07 Å². The largest absolute Gasteiger partial charge is 0.417 e. The third-order valence-electron chi connectivity index (χ3n) is 2.89. The first-order chi connectivity index (χ1) is 9.47. The summed E-state index contributed by atoms with van der Waals surface area (Å²) in [5, 5.41) is 9.18. The molecule has 0 atom stereocenters. The van der Waals surface area contributed by atoms with Gasteiger partial charge >= 0.3 is 6.18 Å². The molecule has 20 heavy (non-hydrogen) atoms. The maximum atomic E-state index is 13.1. The Balaban J connectivity index is 2.72. The molecule has 0 amide bonds. The Morgan fingerprint density at radius 3 is 2.20 bits per heavy atom. The summed E-state index contributed by atoms with van der Waals surface area (Å²) in [7, 11) is 0. The lowest BCUT2D eigenvalue weighted by Gasteiger charge is -2.14. The second kappa shape index (κ2) is 5.68. The van der Waals surface area contributed by atoms with E-state index in [2.05, 4.69) is 15.9 Å². The van der Waals surface area contributed by atoms with Crippen LogP contribution < -0.4 is 0 Å². The lowest BCUT2D eigenvalue weighted by molar-refractivity contribution is -0.137. The summed E-state index contributed by atoms with van der Waals surface area (Å²) in [6.07, 6.45) is -4.55. The van der Waals surface area contributed by atoms with Crippen molar-refractivity contribution in [3.05, 3.63) is 59.2 Å². The number of benzene rings is 2. The maximum Gasteiger partial charge on any atom is 0.417 e. The van der Waals surface area contributed by atoms with E-state index in [0.29, 0.717) is 16.7 Å². The molecule has 0 fully saturated rings. The van der Waals surface area contributed by atoms with Crippen LogP contribution in [-0.4, -0.2) is 0 Å². The highest BCUT2D eigenvalue weighted by Crippen LogP contribution is 2.37. The van der Waals surface area contributed by atoms with Crippen LogP contribution >= 0.6 is 15.9 Å². The van der Waals surface area contributed by atoms with Crippen LogP contribution in [0.4, 0.5) is 13.2 Å². The summed E-state index contributed by atoms with van der Waals surface area (Å²) >= 11 is 3.14. The molecule has 2 aromatic rings. The quantitative estimate of drug-likeness (QED) is 0.695. The van der Waals surface area contributed by atoms with Crippen LogP contribution in [0.5, 0.6) is 0 Å². The SMILES string of the molecule is N#Cc1c(CBr)cc(-c2ccccc2)cc1C(F)(F)F. The summed E-state index contributed by atoms with van der Waals surface area (Å²) in [5.41, 5.74) is 0.252. The van der Waals surface area contributed by atoms with E-state index >= 15 is 0 Å². The Hall–Kier alpha value is -1.80. The summed E-state index contributed by atoms with van der Waals surface area (Å²) in [6.45, 7) is 0. The molecule has 0 N–H and O–H groups in total. The van der Waals surface area contributed by atoms with Crippen LogP contribution in [0.1, 0.15) is 16.7 Å². The van der Waals surface area contributed by atoms with Crippen molar-refractivity contribution >= 4 is 15.9 Å². The van der Waals surface area contributed by atoms with E-state index in [1.165, 1.54) is 0 Å². The fourth-order valence-electron chi connectivity index (χ4n) is 1.96. The summed E-state index contributed by atoms with van der Waals surface area (Å²) in [5.74, 6) is 0. The summed E-state index contributed by atoms with van der Waals surface area (Å²) in [6, 6.07) is 13.1. The van der Waals surface area contributed by atoms with Gasteiger partial charge in [0.25, 0.3) is 0 Å². The Bertz CT molecular complexity index is 657. The van der Waals surface area contributed by atoms with Crippen molar-refractivity contribution in [3.8, 4) is 17.2 Å².